The normalized spacial score (nSPS) is 10.5. The molecule has 17 heavy (non-hydrogen) atoms. The number of aromatic nitrogens is 3. The predicted octanol–water partition coefficient (Wildman–Crippen LogP) is 1.78. The van der Waals surface area contributed by atoms with Gasteiger partial charge in [0, 0.05) is 8.95 Å². The van der Waals surface area contributed by atoms with Crippen molar-refractivity contribution in [2.24, 2.45) is 0 Å². The van der Waals surface area contributed by atoms with Crippen LogP contribution in [0.15, 0.2) is 32.2 Å². The van der Waals surface area contributed by atoms with Gasteiger partial charge in [-0.1, -0.05) is 15.9 Å². The van der Waals surface area contributed by atoms with Gasteiger partial charge in [0.2, 0.25) is 0 Å². The molecule has 88 valence electrons. The van der Waals surface area contributed by atoms with Crippen LogP contribution in [0.1, 0.15) is 10.4 Å². The third-order valence-corrected chi connectivity index (χ3v) is 3.11. The first-order valence-corrected chi connectivity index (χ1v) is 5.94. The first-order chi connectivity index (χ1) is 8.00. The minimum atomic E-state index is -1.13. The van der Waals surface area contributed by atoms with Crippen molar-refractivity contribution < 1.29 is 9.90 Å². The molecule has 0 amide bonds. The number of hydrogen-bond donors (Lipinski definition) is 2. The zero-order chi connectivity index (χ0) is 12.6. The van der Waals surface area contributed by atoms with Crippen molar-refractivity contribution in [2.75, 3.05) is 0 Å². The molecule has 0 spiro atoms. The third-order valence-electron chi connectivity index (χ3n) is 2.05. The SMILES string of the molecule is O=C(O)c1cc(Br)cc(Br)c1-n1cn[nH]c1=O. The number of carbonyl (C=O) groups is 1. The second-order valence-corrected chi connectivity index (χ2v) is 4.89. The van der Waals surface area contributed by atoms with Gasteiger partial charge in [0.05, 0.1) is 11.3 Å². The molecule has 0 fully saturated rings. The molecule has 0 unspecified atom stereocenters. The molecule has 0 saturated heterocycles. The Bertz CT molecular complexity index is 647. The predicted molar refractivity (Wildman–Crippen MR) is 66.5 cm³/mol. The van der Waals surface area contributed by atoms with E-state index in [0.29, 0.717) is 8.95 Å². The molecule has 0 radical (unpaired) electrons. The summed E-state index contributed by atoms with van der Waals surface area (Å²) >= 11 is 6.42. The summed E-state index contributed by atoms with van der Waals surface area (Å²) in [5.74, 6) is -1.13. The van der Waals surface area contributed by atoms with Crippen molar-refractivity contribution in [1.82, 2.24) is 14.8 Å². The van der Waals surface area contributed by atoms with Crippen LogP contribution in [0.2, 0.25) is 0 Å². The second kappa shape index (κ2) is 4.46. The lowest BCUT2D eigenvalue weighted by Crippen LogP contribution is -2.17. The fourth-order valence-electron chi connectivity index (χ4n) is 1.38. The van der Waals surface area contributed by atoms with E-state index >= 15 is 0 Å². The maximum Gasteiger partial charge on any atom is 0.347 e. The van der Waals surface area contributed by atoms with Crippen LogP contribution < -0.4 is 5.69 Å². The molecule has 1 aromatic carbocycles. The van der Waals surface area contributed by atoms with E-state index in [4.69, 9.17) is 5.11 Å². The highest BCUT2D eigenvalue weighted by Gasteiger charge is 2.17. The van der Waals surface area contributed by atoms with Gasteiger partial charge in [-0.25, -0.2) is 19.3 Å². The highest BCUT2D eigenvalue weighted by molar-refractivity contribution is 9.11. The van der Waals surface area contributed by atoms with Gasteiger partial charge in [-0.2, -0.15) is 5.10 Å². The Morgan fingerprint density at radius 3 is 2.65 bits per heavy atom. The van der Waals surface area contributed by atoms with E-state index in [1.807, 2.05) is 0 Å². The van der Waals surface area contributed by atoms with Gasteiger partial charge in [-0.05, 0) is 28.1 Å². The van der Waals surface area contributed by atoms with Crippen molar-refractivity contribution >= 4 is 37.8 Å². The number of aromatic amines is 1. The topological polar surface area (TPSA) is 88.0 Å². The molecule has 0 aliphatic carbocycles. The van der Waals surface area contributed by atoms with Gasteiger partial charge in [0.25, 0.3) is 0 Å². The summed E-state index contributed by atoms with van der Waals surface area (Å²) < 4.78 is 2.20. The highest BCUT2D eigenvalue weighted by Crippen LogP contribution is 2.28. The molecule has 2 N–H and O–H groups in total. The third kappa shape index (κ3) is 2.18. The molecule has 0 saturated carbocycles. The van der Waals surface area contributed by atoms with Gasteiger partial charge >= 0.3 is 11.7 Å². The van der Waals surface area contributed by atoms with Gasteiger partial charge < -0.3 is 5.11 Å². The minimum Gasteiger partial charge on any atom is -0.478 e. The zero-order valence-corrected chi connectivity index (χ0v) is 11.3. The first kappa shape index (κ1) is 12.1. The quantitative estimate of drug-likeness (QED) is 0.852. The summed E-state index contributed by atoms with van der Waals surface area (Å²) in [5, 5.41) is 14.9. The van der Waals surface area contributed by atoms with Crippen molar-refractivity contribution in [3.8, 4) is 5.69 Å². The lowest BCUT2D eigenvalue weighted by Gasteiger charge is -2.08. The lowest BCUT2D eigenvalue weighted by molar-refractivity contribution is 0.0696. The van der Waals surface area contributed by atoms with Crippen molar-refractivity contribution in [1.29, 1.82) is 0 Å². The largest absolute Gasteiger partial charge is 0.478 e. The molecule has 0 aliphatic rings. The van der Waals surface area contributed by atoms with Gasteiger partial charge in [-0.15, -0.1) is 0 Å². The molecule has 2 aromatic rings. The second-order valence-electron chi connectivity index (χ2n) is 3.12. The van der Waals surface area contributed by atoms with Crippen LogP contribution in [0.4, 0.5) is 0 Å². The van der Waals surface area contributed by atoms with E-state index in [-0.39, 0.29) is 11.3 Å². The summed E-state index contributed by atoms with van der Waals surface area (Å²) in [5.41, 5.74) is -0.273. The molecule has 0 atom stereocenters. The van der Waals surface area contributed by atoms with Crippen LogP contribution in [-0.4, -0.2) is 25.8 Å². The van der Waals surface area contributed by atoms with E-state index in [9.17, 15) is 9.59 Å². The Hall–Kier alpha value is -1.41. The molecule has 1 aromatic heterocycles. The maximum atomic E-state index is 11.5. The van der Waals surface area contributed by atoms with Crippen LogP contribution in [0.5, 0.6) is 0 Å². The average molecular weight is 363 g/mol. The molecule has 2 rings (SSSR count). The van der Waals surface area contributed by atoms with Crippen LogP contribution in [-0.2, 0) is 0 Å². The van der Waals surface area contributed by atoms with Gasteiger partial charge in [0.1, 0.15) is 6.33 Å². The number of carboxylic acid groups (broad SMARTS) is 1. The maximum absolute atomic E-state index is 11.5. The number of rotatable bonds is 2. The number of H-pyrrole nitrogens is 1. The summed E-state index contributed by atoms with van der Waals surface area (Å²) in [6.45, 7) is 0. The van der Waals surface area contributed by atoms with Crippen LogP contribution in [0, 0.1) is 0 Å². The lowest BCUT2D eigenvalue weighted by atomic mass is 10.2. The van der Waals surface area contributed by atoms with Crippen LogP contribution >= 0.6 is 31.9 Å². The number of carboxylic acids is 1. The van der Waals surface area contributed by atoms with Crippen molar-refractivity contribution in [3.05, 3.63) is 43.5 Å². The molecular formula is C9H5Br2N3O3. The van der Waals surface area contributed by atoms with E-state index in [1.54, 1.807) is 6.07 Å². The minimum absolute atomic E-state index is 0.00486. The van der Waals surface area contributed by atoms with E-state index in [0.717, 1.165) is 4.57 Å². The smallest absolute Gasteiger partial charge is 0.347 e. The Labute approximate surface area is 112 Å². The fraction of sp³-hybridized carbons (Fsp3) is 0. The Balaban J connectivity index is 2.81. The number of halogens is 2. The van der Waals surface area contributed by atoms with Crippen molar-refractivity contribution in [2.45, 2.75) is 0 Å². The number of hydrogen-bond acceptors (Lipinski definition) is 3. The summed E-state index contributed by atoms with van der Waals surface area (Å²) in [6, 6.07) is 3.07. The molecule has 8 heteroatoms. The highest BCUT2D eigenvalue weighted by atomic mass is 79.9. The Kier molecular flexibility index (Phi) is 3.16. The van der Waals surface area contributed by atoms with Crippen LogP contribution in [0.3, 0.4) is 0 Å². The molecule has 0 aliphatic heterocycles. The molecule has 6 nitrogen and oxygen atoms in total. The van der Waals surface area contributed by atoms with Crippen molar-refractivity contribution in [3.63, 3.8) is 0 Å². The number of benzene rings is 1. The van der Waals surface area contributed by atoms with E-state index in [2.05, 4.69) is 42.1 Å². The number of aromatic carboxylic acids is 1. The average Bonchev–Trinajstić information content (AvgIpc) is 2.63. The van der Waals surface area contributed by atoms with Gasteiger partial charge in [0.15, 0.2) is 0 Å². The molecule has 1 heterocycles. The van der Waals surface area contributed by atoms with E-state index < -0.39 is 11.7 Å². The Morgan fingerprint density at radius 2 is 2.12 bits per heavy atom. The number of nitrogens with one attached hydrogen (secondary N) is 1. The molecule has 0 bridgehead atoms. The zero-order valence-electron chi connectivity index (χ0n) is 8.15. The van der Waals surface area contributed by atoms with Gasteiger partial charge in [-0.3, -0.25) is 0 Å². The first-order valence-electron chi connectivity index (χ1n) is 4.35. The number of nitrogens with zero attached hydrogens (tertiary/aromatic N) is 2. The summed E-state index contributed by atoms with van der Waals surface area (Å²) in [6.07, 6.45) is 1.22. The summed E-state index contributed by atoms with van der Waals surface area (Å²) in [4.78, 5) is 22.6. The standard InChI is InChI=1S/C9H5Br2N3O3/c10-4-1-5(8(15)16)7(6(11)2-4)14-3-12-13-9(14)17/h1-3H,(H,13,17)(H,15,16). The fourth-order valence-corrected chi connectivity index (χ4v) is 2.80. The summed E-state index contributed by atoms with van der Waals surface area (Å²) in [7, 11) is 0. The molecular weight excluding hydrogens is 358 g/mol. The monoisotopic (exact) mass is 361 g/mol. The Morgan fingerprint density at radius 1 is 1.41 bits per heavy atom. The van der Waals surface area contributed by atoms with Crippen LogP contribution in [0.25, 0.3) is 5.69 Å². The van der Waals surface area contributed by atoms with E-state index in [1.165, 1.54) is 12.4 Å².